The van der Waals surface area contributed by atoms with Crippen molar-refractivity contribution >= 4 is 5.97 Å². The molecule has 102 valence electrons. The molecule has 1 aliphatic rings. The highest BCUT2D eigenvalue weighted by Gasteiger charge is 2.19. The number of allylic oxidation sites excluding steroid dienone is 1. The zero-order valence-corrected chi connectivity index (χ0v) is 11.7. The Balaban J connectivity index is 2.11. The molecule has 19 heavy (non-hydrogen) atoms. The monoisotopic (exact) mass is 258 g/mol. The maximum atomic E-state index is 10.8. The fourth-order valence-corrected chi connectivity index (χ4v) is 2.84. The second kappa shape index (κ2) is 6.05. The lowest BCUT2D eigenvalue weighted by atomic mass is 9.80. The molecular weight excluding hydrogens is 236 g/mol. The summed E-state index contributed by atoms with van der Waals surface area (Å²) in [7, 11) is 0. The van der Waals surface area contributed by atoms with Gasteiger partial charge in [-0.1, -0.05) is 43.7 Å². The van der Waals surface area contributed by atoms with Gasteiger partial charge in [0.1, 0.15) is 0 Å². The van der Waals surface area contributed by atoms with Gasteiger partial charge in [-0.05, 0) is 48.6 Å². The fraction of sp³-hybridized carbons (Fsp3) is 0.471. The van der Waals surface area contributed by atoms with Crippen LogP contribution in [0.15, 0.2) is 35.9 Å². The minimum atomic E-state index is -0.814. The van der Waals surface area contributed by atoms with Crippen molar-refractivity contribution in [1.82, 2.24) is 0 Å². The Morgan fingerprint density at radius 3 is 2.58 bits per heavy atom. The standard InChI is InChI=1S/C17H22O2/c1-12(2)14-6-8-15(9-7-14)16-5-3-4-13(10-16)11-17(18)19/h6-9,11-12,16H,3-5,10H2,1-2H3,(H,18,19)/b13-11+/t16-/m1/s1. The van der Waals surface area contributed by atoms with Gasteiger partial charge in [-0.25, -0.2) is 4.79 Å². The Morgan fingerprint density at radius 1 is 1.32 bits per heavy atom. The molecule has 0 unspecified atom stereocenters. The summed E-state index contributed by atoms with van der Waals surface area (Å²) in [4.78, 5) is 10.8. The average molecular weight is 258 g/mol. The van der Waals surface area contributed by atoms with Crippen LogP contribution in [0.2, 0.25) is 0 Å². The topological polar surface area (TPSA) is 37.3 Å². The molecule has 1 atom stereocenters. The van der Waals surface area contributed by atoms with Crippen LogP contribution in [-0.4, -0.2) is 11.1 Å². The average Bonchev–Trinajstić information content (AvgIpc) is 2.38. The van der Waals surface area contributed by atoms with Gasteiger partial charge >= 0.3 is 5.97 Å². The van der Waals surface area contributed by atoms with Crippen molar-refractivity contribution in [2.45, 2.75) is 51.4 Å². The van der Waals surface area contributed by atoms with Crippen LogP contribution in [0.5, 0.6) is 0 Å². The molecular formula is C17H22O2. The van der Waals surface area contributed by atoms with Gasteiger partial charge in [0.2, 0.25) is 0 Å². The lowest BCUT2D eigenvalue weighted by Crippen LogP contribution is -2.08. The molecule has 1 fully saturated rings. The van der Waals surface area contributed by atoms with E-state index in [4.69, 9.17) is 5.11 Å². The number of carboxylic acids is 1. The van der Waals surface area contributed by atoms with Crippen LogP contribution in [0.1, 0.15) is 62.5 Å². The normalized spacial score (nSPS) is 21.8. The summed E-state index contributed by atoms with van der Waals surface area (Å²) in [5.41, 5.74) is 3.79. The van der Waals surface area contributed by atoms with E-state index >= 15 is 0 Å². The van der Waals surface area contributed by atoms with E-state index in [0.29, 0.717) is 11.8 Å². The highest BCUT2D eigenvalue weighted by molar-refractivity contribution is 5.80. The summed E-state index contributed by atoms with van der Waals surface area (Å²) >= 11 is 0. The van der Waals surface area contributed by atoms with E-state index in [1.54, 1.807) is 0 Å². The molecule has 1 N–H and O–H groups in total. The Morgan fingerprint density at radius 2 is 2.00 bits per heavy atom. The Hall–Kier alpha value is -1.57. The van der Waals surface area contributed by atoms with Crippen LogP contribution in [0.4, 0.5) is 0 Å². The lowest BCUT2D eigenvalue weighted by molar-refractivity contribution is -0.131. The molecule has 0 saturated heterocycles. The summed E-state index contributed by atoms with van der Waals surface area (Å²) in [6.07, 6.45) is 5.49. The maximum Gasteiger partial charge on any atom is 0.328 e. The number of hydrogen-bond donors (Lipinski definition) is 1. The third-order valence-electron chi connectivity index (χ3n) is 3.96. The van der Waals surface area contributed by atoms with Crippen LogP contribution in [-0.2, 0) is 4.79 Å². The van der Waals surface area contributed by atoms with Crippen molar-refractivity contribution < 1.29 is 9.90 Å². The summed E-state index contributed by atoms with van der Waals surface area (Å²) < 4.78 is 0. The summed E-state index contributed by atoms with van der Waals surface area (Å²) in [6.45, 7) is 4.40. The van der Waals surface area contributed by atoms with E-state index in [2.05, 4.69) is 38.1 Å². The molecule has 0 aromatic heterocycles. The first-order chi connectivity index (χ1) is 9.06. The molecule has 1 aromatic rings. The number of aliphatic carboxylic acids is 1. The predicted octanol–water partition coefficient (Wildman–Crippen LogP) is 4.48. The molecule has 0 heterocycles. The second-order valence-corrected chi connectivity index (χ2v) is 5.76. The van der Waals surface area contributed by atoms with Crippen LogP contribution < -0.4 is 0 Å². The van der Waals surface area contributed by atoms with Crippen LogP contribution in [0.25, 0.3) is 0 Å². The Bertz CT molecular complexity index is 469. The molecule has 2 heteroatoms. The summed E-state index contributed by atoms with van der Waals surface area (Å²) in [6, 6.07) is 8.83. The van der Waals surface area contributed by atoms with E-state index in [-0.39, 0.29) is 0 Å². The van der Waals surface area contributed by atoms with Crippen molar-refractivity contribution in [3.63, 3.8) is 0 Å². The highest BCUT2D eigenvalue weighted by atomic mass is 16.4. The van der Waals surface area contributed by atoms with Gasteiger partial charge in [0, 0.05) is 6.08 Å². The molecule has 2 rings (SSSR count). The van der Waals surface area contributed by atoms with E-state index in [1.807, 2.05) is 0 Å². The number of carbonyl (C=O) groups is 1. The first kappa shape index (κ1) is 13.9. The summed E-state index contributed by atoms with van der Waals surface area (Å²) in [5.74, 6) is 0.231. The quantitative estimate of drug-likeness (QED) is 0.812. The lowest BCUT2D eigenvalue weighted by Gasteiger charge is -2.24. The zero-order chi connectivity index (χ0) is 13.8. The van der Waals surface area contributed by atoms with Crippen molar-refractivity contribution in [3.05, 3.63) is 47.0 Å². The Kier molecular flexibility index (Phi) is 4.41. The van der Waals surface area contributed by atoms with Crippen LogP contribution in [0, 0.1) is 0 Å². The Labute approximate surface area is 115 Å². The third kappa shape index (κ3) is 3.69. The highest BCUT2D eigenvalue weighted by Crippen LogP contribution is 2.36. The van der Waals surface area contributed by atoms with E-state index in [0.717, 1.165) is 31.3 Å². The molecule has 1 aromatic carbocycles. The molecule has 0 radical (unpaired) electrons. The molecule has 0 amide bonds. The van der Waals surface area contributed by atoms with Gasteiger partial charge in [-0.2, -0.15) is 0 Å². The van der Waals surface area contributed by atoms with Gasteiger partial charge in [-0.15, -0.1) is 0 Å². The number of carboxylic acid groups (broad SMARTS) is 1. The van der Waals surface area contributed by atoms with Crippen molar-refractivity contribution in [3.8, 4) is 0 Å². The molecule has 2 nitrogen and oxygen atoms in total. The predicted molar refractivity (Wildman–Crippen MR) is 77.5 cm³/mol. The number of rotatable bonds is 3. The molecule has 1 aliphatic carbocycles. The van der Waals surface area contributed by atoms with Gasteiger partial charge in [0.25, 0.3) is 0 Å². The second-order valence-electron chi connectivity index (χ2n) is 5.76. The molecule has 0 aliphatic heterocycles. The smallest absolute Gasteiger partial charge is 0.328 e. The van der Waals surface area contributed by atoms with Gasteiger partial charge in [-0.3, -0.25) is 0 Å². The van der Waals surface area contributed by atoms with Crippen LogP contribution >= 0.6 is 0 Å². The first-order valence-corrected chi connectivity index (χ1v) is 7.08. The number of benzene rings is 1. The fourth-order valence-electron chi connectivity index (χ4n) is 2.84. The minimum Gasteiger partial charge on any atom is -0.478 e. The maximum absolute atomic E-state index is 10.8. The first-order valence-electron chi connectivity index (χ1n) is 7.08. The molecule has 1 saturated carbocycles. The largest absolute Gasteiger partial charge is 0.478 e. The van der Waals surface area contributed by atoms with E-state index in [9.17, 15) is 4.79 Å². The van der Waals surface area contributed by atoms with Crippen LogP contribution in [0.3, 0.4) is 0 Å². The molecule has 0 spiro atoms. The van der Waals surface area contributed by atoms with Gasteiger partial charge < -0.3 is 5.11 Å². The van der Waals surface area contributed by atoms with E-state index < -0.39 is 5.97 Å². The molecule has 0 bridgehead atoms. The minimum absolute atomic E-state index is 0.487. The van der Waals surface area contributed by atoms with Gasteiger partial charge in [0.15, 0.2) is 0 Å². The zero-order valence-electron chi connectivity index (χ0n) is 11.7. The summed E-state index contributed by atoms with van der Waals surface area (Å²) in [5, 5.41) is 8.84. The van der Waals surface area contributed by atoms with Crippen molar-refractivity contribution in [2.75, 3.05) is 0 Å². The SMILES string of the molecule is CC(C)c1ccc([C@@H]2CCC/C(=C\C(=O)O)C2)cc1. The number of hydrogen-bond acceptors (Lipinski definition) is 1. The third-order valence-corrected chi connectivity index (χ3v) is 3.96. The van der Waals surface area contributed by atoms with Gasteiger partial charge in [0.05, 0.1) is 0 Å². The van der Waals surface area contributed by atoms with Crippen molar-refractivity contribution in [2.24, 2.45) is 0 Å². The van der Waals surface area contributed by atoms with Crippen molar-refractivity contribution in [1.29, 1.82) is 0 Å². The van der Waals surface area contributed by atoms with E-state index in [1.165, 1.54) is 17.2 Å².